The first kappa shape index (κ1) is 15.8. The number of carbonyl (C=O) groups is 1. The van der Waals surface area contributed by atoms with Crippen molar-refractivity contribution in [3.63, 3.8) is 0 Å². The van der Waals surface area contributed by atoms with Crippen LogP contribution in [-0.2, 0) is 6.54 Å². The van der Waals surface area contributed by atoms with Crippen LogP contribution in [0.2, 0.25) is 0 Å². The van der Waals surface area contributed by atoms with E-state index in [1.54, 1.807) is 0 Å². The van der Waals surface area contributed by atoms with Crippen LogP contribution in [0.3, 0.4) is 0 Å². The van der Waals surface area contributed by atoms with Gasteiger partial charge in [-0.05, 0) is 52.3 Å². The first-order chi connectivity index (χ1) is 9.83. The number of benzene rings is 1. The fraction of sp³-hybridized carbons (Fsp3) is 0.154. The summed E-state index contributed by atoms with van der Waals surface area (Å²) in [5.41, 5.74) is 0.264. The van der Waals surface area contributed by atoms with Crippen molar-refractivity contribution < 1.29 is 22.7 Å². The summed E-state index contributed by atoms with van der Waals surface area (Å²) in [5.74, 6) is -0.723. The molecule has 1 aromatic carbocycles. The Balaban J connectivity index is 1.93. The number of alkyl halides is 3. The topological polar surface area (TPSA) is 38.3 Å². The molecule has 0 unspecified atom stereocenters. The lowest BCUT2D eigenvalue weighted by Gasteiger charge is -2.09. The fourth-order valence-electron chi connectivity index (χ4n) is 1.52. The van der Waals surface area contributed by atoms with Gasteiger partial charge in [0.25, 0.3) is 5.91 Å². The van der Waals surface area contributed by atoms with Crippen molar-refractivity contribution in [2.45, 2.75) is 12.9 Å². The Morgan fingerprint density at radius 1 is 1.19 bits per heavy atom. The highest BCUT2D eigenvalue weighted by atomic mass is 79.9. The Bertz CT molecular complexity index is 625. The Hall–Kier alpha value is -1.54. The number of hydrogen-bond acceptors (Lipinski definition) is 3. The van der Waals surface area contributed by atoms with E-state index in [1.165, 1.54) is 23.5 Å². The normalized spacial score (nSPS) is 11.2. The zero-order valence-corrected chi connectivity index (χ0v) is 12.8. The molecule has 0 fully saturated rings. The molecule has 0 saturated carbocycles. The maximum atomic E-state index is 12.0. The smallest absolute Gasteiger partial charge is 0.406 e. The number of nitrogens with one attached hydrogen (secondary N) is 1. The number of carbonyl (C=O) groups excluding carboxylic acids is 1. The molecule has 2 aromatic rings. The van der Waals surface area contributed by atoms with Gasteiger partial charge in [0.1, 0.15) is 5.75 Å². The molecule has 0 radical (unpaired) electrons. The molecule has 1 heterocycles. The average molecular weight is 380 g/mol. The number of rotatable bonds is 4. The van der Waals surface area contributed by atoms with Gasteiger partial charge in [-0.2, -0.15) is 0 Å². The lowest BCUT2D eigenvalue weighted by Crippen LogP contribution is -2.22. The minimum absolute atomic E-state index is 0.264. The minimum atomic E-state index is -4.74. The predicted octanol–water partition coefficient (Wildman–Crippen LogP) is 4.34. The zero-order chi connectivity index (χ0) is 15.5. The monoisotopic (exact) mass is 379 g/mol. The van der Waals surface area contributed by atoms with Gasteiger partial charge in [-0.1, -0.05) is 0 Å². The van der Waals surface area contributed by atoms with Gasteiger partial charge in [0.05, 0.1) is 10.3 Å². The van der Waals surface area contributed by atoms with Crippen LogP contribution < -0.4 is 10.1 Å². The third kappa shape index (κ3) is 5.05. The SMILES string of the molecule is O=C(NCc1ccc(Br)s1)c1ccc(OC(F)(F)F)cc1. The number of halogens is 4. The molecular formula is C13H9BrF3NO2S. The maximum Gasteiger partial charge on any atom is 0.573 e. The van der Waals surface area contributed by atoms with E-state index in [-0.39, 0.29) is 17.2 Å². The molecular weight excluding hydrogens is 371 g/mol. The van der Waals surface area contributed by atoms with Crippen molar-refractivity contribution in [3.8, 4) is 5.75 Å². The van der Waals surface area contributed by atoms with E-state index in [2.05, 4.69) is 26.0 Å². The molecule has 0 spiro atoms. The summed E-state index contributed by atoms with van der Waals surface area (Å²) in [4.78, 5) is 12.8. The Kier molecular flexibility index (Phi) is 4.89. The average Bonchev–Trinajstić information content (AvgIpc) is 2.81. The molecule has 21 heavy (non-hydrogen) atoms. The van der Waals surface area contributed by atoms with Gasteiger partial charge in [-0.3, -0.25) is 4.79 Å². The third-order valence-electron chi connectivity index (χ3n) is 2.40. The van der Waals surface area contributed by atoms with Crippen LogP contribution >= 0.6 is 27.3 Å². The molecule has 1 amide bonds. The molecule has 0 bridgehead atoms. The maximum absolute atomic E-state index is 12.0. The van der Waals surface area contributed by atoms with Crippen LogP contribution in [0.5, 0.6) is 5.75 Å². The standard InChI is InChI=1S/C13H9BrF3NO2S/c14-11-6-5-10(21-11)7-18-12(19)8-1-3-9(4-2-8)20-13(15,16)17/h1-6H,7H2,(H,18,19). The van der Waals surface area contributed by atoms with E-state index in [9.17, 15) is 18.0 Å². The van der Waals surface area contributed by atoms with E-state index in [0.717, 1.165) is 20.8 Å². The van der Waals surface area contributed by atoms with Crippen molar-refractivity contribution in [2.24, 2.45) is 0 Å². The molecule has 0 atom stereocenters. The van der Waals surface area contributed by atoms with Crippen LogP contribution in [0.15, 0.2) is 40.2 Å². The number of ether oxygens (including phenoxy) is 1. The van der Waals surface area contributed by atoms with Crippen LogP contribution in [0.4, 0.5) is 13.2 Å². The molecule has 1 N–H and O–H groups in total. The summed E-state index contributed by atoms with van der Waals surface area (Å²) in [6, 6.07) is 8.50. The minimum Gasteiger partial charge on any atom is -0.406 e. The molecule has 0 aliphatic rings. The van der Waals surface area contributed by atoms with E-state index in [0.29, 0.717) is 6.54 Å². The Morgan fingerprint density at radius 3 is 2.38 bits per heavy atom. The summed E-state index contributed by atoms with van der Waals surface area (Å²) in [7, 11) is 0. The number of thiophene rings is 1. The summed E-state index contributed by atoms with van der Waals surface area (Å²) < 4.78 is 40.7. The van der Waals surface area contributed by atoms with E-state index in [1.807, 2.05) is 12.1 Å². The summed E-state index contributed by atoms with van der Waals surface area (Å²) in [5, 5.41) is 2.68. The summed E-state index contributed by atoms with van der Waals surface area (Å²) in [6.07, 6.45) is -4.74. The van der Waals surface area contributed by atoms with Crippen LogP contribution in [0, 0.1) is 0 Å². The van der Waals surface area contributed by atoms with Gasteiger partial charge in [0.15, 0.2) is 0 Å². The molecule has 0 saturated heterocycles. The second kappa shape index (κ2) is 6.48. The van der Waals surface area contributed by atoms with Crippen molar-refractivity contribution in [1.82, 2.24) is 5.32 Å². The largest absolute Gasteiger partial charge is 0.573 e. The third-order valence-corrected chi connectivity index (χ3v) is 4.03. The van der Waals surface area contributed by atoms with Gasteiger partial charge in [-0.15, -0.1) is 24.5 Å². The number of amides is 1. The second-order valence-electron chi connectivity index (χ2n) is 3.96. The highest BCUT2D eigenvalue weighted by Gasteiger charge is 2.31. The van der Waals surface area contributed by atoms with Crippen molar-refractivity contribution in [3.05, 3.63) is 50.6 Å². The van der Waals surface area contributed by atoms with Gasteiger partial charge >= 0.3 is 6.36 Å². The van der Waals surface area contributed by atoms with Crippen molar-refractivity contribution in [1.29, 1.82) is 0 Å². The van der Waals surface area contributed by atoms with E-state index >= 15 is 0 Å². The van der Waals surface area contributed by atoms with E-state index in [4.69, 9.17) is 0 Å². The van der Waals surface area contributed by atoms with Crippen LogP contribution in [0.25, 0.3) is 0 Å². The molecule has 2 rings (SSSR count). The van der Waals surface area contributed by atoms with Gasteiger partial charge in [0, 0.05) is 10.4 Å². The Labute approximate surface area is 130 Å². The Morgan fingerprint density at radius 2 is 1.86 bits per heavy atom. The van der Waals surface area contributed by atoms with E-state index < -0.39 is 6.36 Å². The highest BCUT2D eigenvalue weighted by molar-refractivity contribution is 9.11. The first-order valence-corrected chi connectivity index (χ1v) is 7.33. The van der Waals surface area contributed by atoms with Gasteiger partial charge in [-0.25, -0.2) is 0 Å². The molecule has 0 aliphatic carbocycles. The zero-order valence-electron chi connectivity index (χ0n) is 10.4. The van der Waals surface area contributed by atoms with Crippen molar-refractivity contribution in [2.75, 3.05) is 0 Å². The quantitative estimate of drug-likeness (QED) is 0.857. The van der Waals surface area contributed by atoms with Gasteiger partial charge < -0.3 is 10.1 Å². The van der Waals surface area contributed by atoms with Crippen molar-refractivity contribution >= 4 is 33.2 Å². The van der Waals surface area contributed by atoms with Crippen LogP contribution in [-0.4, -0.2) is 12.3 Å². The molecule has 112 valence electrons. The lowest BCUT2D eigenvalue weighted by molar-refractivity contribution is -0.274. The van der Waals surface area contributed by atoms with Crippen LogP contribution in [0.1, 0.15) is 15.2 Å². The highest BCUT2D eigenvalue weighted by Crippen LogP contribution is 2.23. The van der Waals surface area contributed by atoms with Gasteiger partial charge in [0.2, 0.25) is 0 Å². The second-order valence-corrected chi connectivity index (χ2v) is 6.51. The summed E-state index contributed by atoms with van der Waals surface area (Å²) in [6.45, 7) is 0.357. The molecule has 1 aromatic heterocycles. The lowest BCUT2D eigenvalue weighted by atomic mass is 10.2. The molecule has 3 nitrogen and oxygen atoms in total. The fourth-order valence-corrected chi connectivity index (χ4v) is 2.95. The predicted molar refractivity (Wildman–Crippen MR) is 76.3 cm³/mol. The molecule has 8 heteroatoms. The summed E-state index contributed by atoms with van der Waals surface area (Å²) >= 11 is 4.81. The first-order valence-electron chi connectivity index (χ1n) is 5.72. The number of hydrogen-bond donors (Lipinski definition) is 1. The molecule has 0 aliphatic heterocycles.